The van der Waals surface area contributed by atoms with Crippen LogP contribution in [0, 0.1) is 17.8 Å². The van der Waals surface area contributed by atoms with Crippen molar-refractivity contribution in [1.82, 2.24) is 10.0 Å². The normalized spacial score (nSPS) is 22.5. The minimum absolute atomic E-state index is 0.0748. The molecule has 3 aromatic carbocycles. The van der Waals surface area contributed by atoms with Crippen molar-refractivity contribution in [2.45, 2.75) is 49.8 Å². The van der Waals surface area contributed by atoms with Crippen LogP contribution in [0.25, 0.3) is 10.8 Å². The fourth-order valence-electron chi connectivity index (χ4n) is 5.60. The molecule has 2 aliphatic rings. The fourth-order valence-corrected chi connectivity index (χ4v) is 6.75. The fraction of sp³-hybridized carbons (Fsp3) is 0.414. The molecular weight excluding hydrogens is 456 g/mol. The molecule has 2 aliphatic carbocycles. The van der Waals surface area contributed by atoms with Gasteiger partial charge in [-0.3, -0.25) is 4.79 Å². The number of aryl methyl sites for hydroxylation is 1. The van der Waals surface area contributed by atoms with Gasteiger partial charge in [0.2, 0.25) is 15.9 Å². The molecule has 0 saturated heterocycles. The molecule has 6 heteroatoms. The molecule has 0 aliphatic heterocycles. The highest BCUT2D eigenvalue weighted by Crippen LogP contribution is 2.29. The van der Waals surface area contributed by atoms with Gasteiger partial charge in [-0.2, -0.15) is 0 Å². The van der Waals surface area contributed by atoms with E-state index in [1.54, 1.807) is 12.1 Å². The molecule has 1 amide bonds. The molecule has 0 bridgehead atoms. The smallest absolute Gasteiger partial charge is 0.240 e. The lowest BCUT2D eigenvalue weighted by molar-refractivity contribution is -0.125. The van der Waals surface area contributed by atoms with E-state index in [-0.39, 0.29) is 11.8 Å². The third-order valence-electron chi connectivity index (χ3n) is 7.84. The van der Waals surface area contributed by atoms with E-state index in [1.165, 1.54) is 11.1 Å². The van der Waals surface area contributed by atoms with Gasteiger partial charge in [0, 0.05) is 19.0 Å². The average molecular weight is 491 g/mol. The lowest BCUT2D eigenvalue weighted by Crippen LogP contribution is -2.38. The van der Waals surface area contributed by atoms with E-state index in [1.807, 2.05) is 30.3 Å². The topological polar surface area (TPSA) is 75.3 Å². The summed E-state index contributed by atoms with van der Waals surface area (Å²) in [6.07, 6.45) is 6.76. The molecule has 1 unspecified atom stereocenters. The number of benzene rings is 3. The molecule has 35 heavy (non-hydrogen) atoms. The van der Waals surface area contributed by atoms with Crippen molar-refractivity contribution in [2.75, 3.05) is 13.1 Å². The van der Waals surface area contributed by atoms with Gasteiger partial charge in [0.1, 0.15) is 0 Å². The predicted octanol–water partition coefficient (Wildman–Crippen LogP) is 4.85. The highest BCUT2D eigenvalue weighted by Gasteiger charge is 2.27. The quantitative estimate of drug-likeness (QED) is 0.497. The maximum Gasteiger partial charge on any atom is 0.240 e. The van der Waals surface area contributed by atoms with Gasteiger partial charge in [0.05, 0.1) is 4.90 Å². The first kappa shape index (κ1) is 24.0. The van der Waals surface area contributed by atoms with Gasteiger partial charge in [-0.25, -0.2) is 13.1 Å². The van der Waals surface area contributed by atoms with Gasteiger partial charge >= 0.3 is 0 Å². The first-order valence-corrected chi connectivity index (χ1v) is 14.3. The van der Waals surface area contributed by atoms with Gasteiger partial charge < -0.3 is 5.32 Å². The Kier molecular flexibility index (Phi) is 7.21. The predicted molar refractivity (Wildman–Crippen MR) is 140 cm³/mol. The lowest BCUT2D eigenvalue weighted by Gasteiger charge is -2.30. The number of hydrogen-bond acceptors (Lipinski definition) is 3. The third-order valence-corrected chi connectivity index (χ3v) is 9.26. The van der Waals surface area contributed by atoms with Crippen LogP contribution in [0.1, 0.15) is 43.2 Å². The number of sulfonamides is 1. The molecule has 1 saturated carbocycles. The van der Waals surface area contributed by atoms with Gasteiger partial charge in [-0.05, 0) is 90.8 Å². The van der Waals surface area contributed by atoms with Crippen LogP contribution in [0.3, 0.4) is 0 Å². The van der Waals surface area contributed by atoms with Crippen molar-refractivity contribution in [2.24, 2.45) is 17.8 Å². The van der Waals surface area contributed by atoms with Gasteiger partial charge in [0.25, 0.3) is 0 Å². The summed E-state index contributed by atoms with van der Waals surface area (Å²) in [6, 6.07) is 21.5. The zero-order chi connectivity index (χ0) is 24.3. The zero-order valence-electron chi connectivity index (χ0n) is 20.1. The summed E-state index contributed by atoms with van der Waals surface area (Å²) in [7, 11) is -3.53. The average Bonchev–Trinajstić information content (AvgIpc) is 2.90. The highest BCUT2D eigenvalue weighted by atomic mass is 32.2. The van der Waals surface area contributed by atoms with Crippen LogP contribution in [0.2, 0.25) is 0 Å². The molecule has 2 N–H and O–H groups in total. The van der Waals surface area contributed by atoms with Crippen molar-refractivity contribution in [3.05, 3.63) is 77.9 Å². The molecule has 0 aromatic heterocycles. The van der Waals surface area contributed by atoms with Crippen LogP contribution < -0.4 is 10.0 Å². The van der Waals surface area contributed by atoms with Crippen LogP contribution in [-0.4, -0.2) is 27.4 Å². The Morgan fingerprint density at radius 3 is 2.20 bits per heavy atom. The van der Waals surface area contributed by atoms with Crippen LogP contribution in [0.4, 0.5) is 0 Å². The van der Waals surface area contributed by atoms with Gasteiger partial charge in [-0.1, -0.05) is 54.6 Å². The summed E-state index contributed by atoms with van der Waals surface area (Å²) >= 11 is 0. The second-order valence-corrected chi connectivity index (χ2v) is 12.0. The molecule has 1 fully saturated rings. The molecule has 0 radical (unpaired) electrons. The molecular formula is C29H34N2O3S. The molecule has 5 nitrogen and oxygen atoms in total. The summed E-state index contributed by atoms with van der Waals surface area (Å²) in [6.45, 7) is 1.20. The monoisotopic (exact) mass is 490 g/mol. The Labute approximate surface area is 208 Å². The zero-order valence-corrected chi connectivity index (χ0v) is 20.9. The Bertz CT molecular complexity index is 1300. The van der Waals surface area contributed by atoms with Crippen LogP contribution in [-0.2, 0) is 27.7 Å². The SMILES string of the molecule is O=C(NC[C@H]1CC[C@H](CNS(=O)(=O)c2ccc3ccccc3c2)CC1)C1CCc2ccccc2C1. The van der Waals surface area contributed by atoms with E-state index >= 15 is 0 Å². The number of fused-ring (bicyclic) bond motifs is 2. The maximum absolute atomic E-state index is 12.8. The number of nitrogens with one attached hydrogen (secondary N) is 2. The molecule has 5 rings (SSSR count). The molecule has 0 spiro atoms. The molecule has 3 aromatic rings. The van der Waals surface area contributed by atoms with Crippen molar-refractivity contribution in [1.29, 1.82) is 0 Å². The minimum Gasteiger partial charge on any atom is -0.356 e. The minimum atomic E-state index is -3.53. The molecule has 1 atom stereocenters. The Morgan fingerprint density at radius 2 is 1.43 bits per heavy atom. The van der Waals surface area contributed by atoms with Gasteiger partial charge in [0.15, 0.2) is 0 Å². The van der Waals surface area contributed by atoms with Crippen LogP contribution in [0.15, 0.2) is 71.6 Å². The second-order valence-electron chi connectivity index (χ2n) is 10.2. The van der Waals surface area contributed by atoms with Crippen molar-refractivity contribution < 1.29 is 13.2 Å². The Morgan fingerprint density at radius 1 is 0.771 bits per heavy atom. The van der Waals surface area contributed by atoms with E-state index < -0.39 is 10.0 Å². The summed E-state index contributed by atoms with van der Waals surface area (Å²) in [5, 5.41) is 5.17. The number of rotatable bonds is 7. The summed E-state index contributed by atoms with van der Waals surface area (Å²) in [5.41, 5.74) is 2.69. The van der Waals surface area contributed by atoms with Gasteiger partial charge in [-0.15, -0.1) is 0 Å². The third kappa shape index (κ3) is 5.76. The summed E-state index contributed by atoms with van der Waals surface area (Å²) < 4.78 is 28.5. The first-order valence-electron chi connectivity index (χ1n) is 12.8. The maximum atomic E-state index is 12.8. The van der Waals surface area contributed by atoms with E-state index in [9.17, 15) is 13.2 Å². The number of carbonyl (C=O) groups excluding carboxylic acids is 1. The number of carbonyl (C=O) groups is 1. The second kappa shape index (κ2) is 10.5. The largest absolute Gasteiger partial charge is 0.356 e. The van der Waals surface area contributed by atoms with Crippen LogP contribution in [0.5, 0.6) is 0 Å². The first-order chi connectivity index (χ1) is 17.0. The van der Waals surface area contributed by atoms with E-state index in [2.05, 4.69) is 34.3 Å². The standard InChI is InChI=1S/C29H34N2O3S/c32-29(27-14-13-23-5-1-3-7-25(23)17-27)30-19-21-9-11-22(12-10-21)20-31-35(33,34)28-16-15-24-6-2-4-8-26(24)18-28/h1-8,15-16,18,21-22,27,31H,9-14,17,19-20H2,(H,30,32)/t21-,22-,27?. The molecule has 0 heterocycles. The van der Waals surface area contributed by atoms with Crippen LogP contribution >= 0.6 is 0 Å². The Balaban J connectivity index is 1.06. The summed E-state index contributed by atoms with van der Waals surface area (Å²) in [4.78, 5) is 13.1. The number of amides is 1. The number of hydrogen-bond donors (Lipinski definition) is 2. The van der Waals surface area contributed by atoms with E-state index in [0.29, 0.717) is 23.3 Å². The van der Waals surface area contributed by atoms with E-state index in [4.69, 9.17) is 0 Å². The van der Waals surface area contributed by atoms with Crippen molar-refractivity contribution in [3.63, 3.8) is 0 Å². The summed E-state index contributed by atoms with van der Waals surface area (Å²) in [5.74, 6) is 1.07. The Hall–Kier alpha value is -2.70. The highest BCUT2D eigenvalue weighted by molar-refractivity contribution is 7.89. The van der Waals surface area contributed by atoms with Crippen molar-refractivity contribution >= 4 is 26.7 Å². The van der Waals surface area contributed by atoms with Crippen molar-refractivity contribution in [3.8, 4) is 0 Å². The molecule has 184 valence electrons. The van der Waals surface area contributed by atoms with E-state index in [0.717, 1.165) is 62.3 Å². The lowest BCUT2D eigenvalue weighted by atomic mass is 9.81.